The average molecular weight is 389 g/mol. The molecule has 3 rings (SSSR count). The molecule has 0 amide bonds. The van der Waals surface area contributed by atoms with E-state index in [1.165, 1.54) is 24.3 Å². The van der Waals surface area contributed by atoms with E-state index in [1.54, 1.807) is 0 Å². The molecule has 1 aliphatic heterocycles. The van der Waals surface area contributed by atoms with Crippen LogP contribution in [0.1, 0.15) is 29.5 Å². The lowest BCUT2D eigenvalue weighted by Crippen LogP contribution is -2.22. The number of aryl methyl sites for hydroxylation is 2. The number of hydrogen-bond donors (Lipinski definition) is 1. The van der Waals surface area contributed by atoms with E-state index in [2.05, 4.69) is 9.62 Å². The first-order valence-electron chi connectivity index (χ1n) is 8.84. The number of nitrogens with zero attached hydrogens (tertiary/aromatic N) is 2. The molecule has 8 heteroatoms. The molecular formula is C19H23N3O4S. The van der Waals surface area contributed by atoms with Gasteiger partial charge in [0.2, 0.25) is 0 Å². The highest BCUT2D eigenvalue weighted by atomic mass is 32.2. The molecule has 1 N–H and O–H groups in total. The summed E-state index contributed by atoms with van der Waals surface area (Å²) in [5, 5.41) is 11.2. The molecule has 0 radical (unpaired) electrons. The molecule has 2 aromatic carbocycles. The van der Waals surface area contributed by atoms with Crippen LogP contribution in [0, 0.1) is 30.9 Å². The van der Waals surface area contributed by atoms with Gasteiger partial charge in [0.05, 0.1) is 10.6 Å². The lowest BCUT2D eigenvalue weighted by molar-refractivity contribution is -0.387. The van der Waals surface area contributed by atoms with Gasteiger partial charge < -0.3 is 4.90 Å². The van der Waals surface area contributed by atoms with Gasteiger partial charge in [-0.15, -0.1) is 0 Å². The Balaban J connectivity index is 2.08. The van der Waals surface area contributed by atoms with E-state index in [0.29, 0.717) is 5.69 Å². The number of benzene rings is 2. The van der Waals surface area contributed by atoms with Gasteiger partial charge in [0, 0.05) is 24.8 Å². The molecule has 1 heterocycles. The number of nitrogens with one attached hydrogen (secondary N) is 1. The van der Waals surface area contributed by atoms with Crippen molar-refractivity contribution in [3.8, 4) is 0 Å². The third-order valence-corrected chi connectivity index (χ3v) is 6.34. The molecule has 1 aliphatic rings. The summed E-state index contributed by atoms with van der Waals surface area (Å²) in [5.41, 5.74) is 3.82. The fraction of sp³-hybridized carbons (Fsp3) is 0.368. The summed E-state index contributed by atoms with van der Waals surface area (Å²) in [6.07, 6.45) is 2.23. The zero-order valence-corrected chi connectivity index (χ0v) is 16.5. The summed E-state index contributed by atoms with van der Waals surface area (Å²) in [6, 6.07) is 7.33. The van der Waals surface area contributed by atoms with Gasteiger partial charge in [0.25, 0.3) is 15.7 Å². The molecule has 0 atom stereocenters. The van der Waals surface area contributed by atoms with Crippen molar-refractivity contribution in [3.63, 3.8) is 0 Å². The standard InChI is InChI=1S/C19H23N3O4S/c1-13-12-14(2)19(21-10-6-7-11-21)15(3)18(13)20-27(25,26)17-9-5-4-8-16(17)22(23)24/h4-5,8-9,12,20H,6-7,10-11H2,1-3H3. The van der Waals surface area contributed by atoms with Gasteiger partial charge in [-0.2, -0.15) is 0 Å². The minimum atomic E-state index is -4.10. The van der Waals surface area contributed by atoms with E-state index >= 15 is 0 Å². The lowest BCUT2D eigenvalue weighted by atomic mass is 10.0. The zero-order chi connectivity index (χ0) is 19.8. The van der Waals surface area contributed by atoms with Gasteiger partial charge in [0.15, 0.2) is 4.90 Å². The molecule has 0 bridgehead atoms. The van der Waals surface area contributed by atoms with Gasteiger partial charge in [-0.3, -0.25) is 14.8 Å². The SMILES string of the molecule is Cc1cc(C)c(N2CCCC2)c(C)c1NS(=O)(=O)c1ccccc1[N+](=O)[O-]. The zero-order valence-electron chi connectivity index (χ0n) is 15.7. The Labute approximate surface area is 159 Å². The van der Waals surface area contributed by atoms with Crippen LogP contribution in [-0.2, 0) is 10.0 Å². The lowest BCUT2D eigenvalue weighted by Gasteiger charge is -2.26. The van der Waals surface area contributed by atoms with Crippen molar-refractivity contribution in [1.29, 1.82) is 0 Å². The number of sulfonamides is 1. The van der Waals surface area contributed by atoms with Crippen LogP contribution in [0.15, 0.2) is 35.2 Å². The van der Waals surface area contributed by atoms with Crippen LogP contribution in [0.4, 0.5) is 17.1 Å². The molecular weight excluding hydrogens is 366 g/mol. The van der Waals surface area contributed by atoms with E-state index in [0.717, 1.165) is 48.3 Å². The summed E-state index contributed by atoms with van der Waals surface area (Å²) in [6.45, 7) is 7.64. The fourth-order valence-corrected chi connectivity index (χ4v) is 5.15. The second-order valence-electron chi connectivity index (χ2n) is 6.88. The minimum absolute atomic E-state index is 0.336. The molecule has 2 aromatic rings. The van der Waals surface area contributed by atoms with E-state index in [9.17, 15) is 18.5 Å². The molecule has 27 heavy (non-hydrogen) atoms. The monoisotopic (exact) mass is 389 g/mol. The molecule has 0 aromatic heterocycles. The molecule has 0 unspecified atom stereocenters. The summed E-state index contributed by atoms with van der Waals surface area (Å²) in [7, 11) is -4.10. The van der Waals surface area contributed by atoms with Gasteiger partial charge in [0.1, 0.15) is 0 Å². The topological polar surface area (TPSA) is 92.6 Å². The van der Waals surface area contributed by atoms with Gasteiger partial charge in [-0.1, -0.05) is 18.2 Å². The number of para-hydroxylation sites is 1. The first kappa shape index (κ1) is 19.2. The molecule has 0 aliphatic carbocycles. The van der Waals surface area contributed by atoms with Crippen LogP contribution < -0.4 is 9.62 Å². The predicted molar refractivity (Wildman–Crippen MR) is 106 cm³/mol. The molecule has 0 saturated carbocycles. The smallest absolute Gasteiger partial charge is 0.289 e. The summed E-state index contributed by atoms with van der Waals surface area (Å²) >= 11 is 0. The molecule has 1 saturated heterocycles. The Morgan fingerprint density at radius 3 is 2.33 bits per heavy atom. The number of nitro benzene ring substituents is 1. The predicted octanol–water partition coefficient (Wildman–Crippen LogP) is 3.92. The molecule has 144 valence electrons. The van der Waals surface area contributed by atoms with Crippen LogP contribution in [0.25, 0.3) is 0 Å². The Hall–Kier alpha value is -2.61. The third kappa shape index (κ3) is 3.62. The summed E-state index contributed by atoms with van der Waals surface area (Å²) < 4.78 is 28.4. The van der Waals surface area contributed by atoms with E-state index in [-0.39, 0.29) is 4.90 Å². The highest BCUT2D eigenvalue weighted by Crippen LogP contribution is 2.37. The fourth-order valence-electron chi connectivity index (χ4n) is 3.78. The normalized spacial score (nSPS) is 14.4. The number of hydrogen-bond acceptors (Lipinski definition) is 5. The largest absolute Gasteiger partial charge is 0.371 e. The van der Waals surface area contributed by atoms with Crippen molar-refractivity contribution in [3.05, 3.63) is 57.1 Å². The Kier molecular flexibility index (Phi) is 5.10. The van der Waals surface area contributed by atoms with Gasteiger partial charge in [-0.25, -0.2) is 8.42 Å². The van der Waals surface area contributed by atoms with Crippen molar-refractivity contribution in [2.24, 2.45) is 0 Å². The Bertz CT molecular complexity index is 996. The second kappa shape index (κ2) is 7.19. The maximum Gasteiger partial charge on any atom is 0.289 e. The van der Waals surface area contributed by atoms with E-state index < -0.39 is 20.6 Å². The van der Waals surface area contributed by atoms with Crippen LogP contribution in [0.2, 0.25) is 0 Å². The Morgan fingerprint density at radius 2 is 1.70 bits per heavy atom. The minimum Gasteiger partial charge on any atom is -0.371 e. The van der Waals surface area contributed by atoms with Crippen LogP contribution >= 0.6 is 0 Å². The first-order chi connectivity index (χ1) is 12.7. The van der Waals surface area contributed by atoms with Crippen molar-refractivity contribution in [2.75, 3.05) is 22.7 Å². The van der Waals surface area contributed by atoms with Gasteiger partial charge in [-0.05, 0) is 56.4 Å². The van der Waals surface area contributed by atoms with Gasteiger partial charge >= 0.3 is 0 Å². The number of nitro groups is 1. The first-order valence-corrected chi connectivity index (χ1v) is 10.3. The molecule has 1 fully saturated rings. The van der Waals surface area contributed by atoms with Crippen LogP contribution in [-0.4, -0.2) is 26.4 Å². The Morgan fingerprint density at radius 1 is 1.07 bits per heavy atom. The van der Waals surface area contributed by atoms with E-state index in [1.807, 2.05) is 26.8 Å². The summed E-state index contributed by atoms with van der Waals surface area (Å²) in [5.74, 6) is 0. The van der Waals surface area contributed by atoms with E-state index in [4.69, 9.17) is 0 Å². The van der Waals surface area contributed by atoms with Crippen molar-refractivity contribution >= 4 is 27.1 Å². The van der Waals surface area contributed by atoms with Crippen molar-refractivity contribution < 1.29 is 13.3 Å². The maximum atomic E-state index is 12.9. The maximum absolute atomic E-state index is 12.9. The quantitative estimate of drug-likeness (QED) is 0.618. The average Bonchev–Trinajstić information content (AvgIpc) is 3.12. The van der Waals surface area contributed by atoms with Crippen molar-refractivity contribution in [1.82, 2.24) is 0 Å². The third-order valence-electron chi connectivity index (χ3n) is 4.94. The van der Waals surface area contributed by atoms with Crippen LogP contribution in [0.3, 0.4) is 0 Å². The number of rotatable bonds is 5. The van der Waals surface area contributed by atoms with Crippen LogP contribution in [0.5, 0.6) is 0 Å². The van der Waals surface area contributed by atoms with Crippen molar-refractivity contribution in [2.45, 2.75) is 38.5 Å². The summed E-state index contributed by atoms with van der Waals surface area (Å²) in [4.78, 5) is 12.5. The molecule has 0 spiro atoms. The molecule has 7 nitrogen and oxygen atoms in total. The highest BCUT2D eigenvalue weighted by Gasteiger charge is 2.27. The second-order valence-corrected chi connectivity index (χ2v) is 8.53. The number of anilines is 2. The highest BCUT2D eigenvalue weighted by molar-refractivity contribution is 7.92.